The van der Waals surface area contributed by atoms with Crippen LogP contribution in [-0.2, 0) is 38.2 Å². The van der Waals surface area contributed by atoms with Crippen molar-refractivity contribution in [3.8, 4) is 0 Å². The molecule has 1 heterocycles. The summed E-state index contributed by atoms with van der Waals surface area (Å²) in [5.41, 5.74) is 4.01. The Morgan fingerprint density at radius 1 is 0.741 bits per heavy atom. The number of nitrogens with one attached hydrogen (secondary N) is 3. The van der Waals surface area contributed by atoms with Crippen molar-refractivity contribution in [2.75, 3.05) is 32.8 Å². The molecule has 54 heavy (non-hydrogen) atoms. The minimum absolute atomic E-state index is 0.0546. The highest BCUT2D eigenvalue weighted by Gasteiger charge is 2.44. The molecule has 2 unspecified atom stereocenters. The number of nitrogens with two attached hydrogens (primary N) is 1. The Hall–Kier alpha value is -3.06. The molecule has 6 amide bonds. The molecule has 0 aliphatic carbocycles. The maximum absolute atomic E-state index is 12.7. The number of carbonyl (C=O) groups is 6. The fraction of sp³-hybridized carbons (Fsp3) is 0.854. The van der Waals surface area contributed by atoms with E-state index in [1.54, 1.807) is 0 Å². The molecule has 1 aliphatic rings. The van der Waals surface area contributed by atoms with Crippen molar-refractivity contribution in [3.63, 3.8) is 0 Å². The summed E-state index contributed by atoms with van der Waals surface area (Å²) in [4.78, 5) is 75.3. The van der Waals surface area contributed by atoms with Crippen molar-refractivity contribution >= 4 is 35.4 Å². The maximum atomic E-state index is 12.7. The van der Waals surface area contributed by atoms with Gasteiger partial charge in [0.05, 0.1) is 30.3 Å². The fourth-order valence-corrected chi connectivity index (χ4v) is 6.24. The molecule has 13 nitrogen and oxygen atoms in total. The van der Waals surface area contributed by atoms with Crippen molar-refractivity contribution in [1.82, 2.24) is 20.9 Å². The van der Waals surface area contributed by atoms with Crippen LogP contribution in [0.1, 0.15) is 165 Å². The van der Waals surface area contributed by atoms with E-state index in [-0.39, 0.29) is 79.9 Å². The minimum Gasteiger partial charge on any atom is -0.373 e. The average molecular weight is 766 g/mol. The molecule has 2 atom stereocenters. The summed E-state index contributed by atoms with van der Waals surface area (Å²) in [6.45, 7) is 17.0. The Bertz CT molecular complexity index is 1180. The topological polar surface area (TPSA) is 186 Å². The molecule has 13 heteroatoms. The second-order valence-electron chi connectivity index (χ2n) is 17.2. The molecule has 1 rings (SSSR count). The van der Waals surface area contributed by atoms with E-state index in [1.807, 2.05) is 48.5 Å². The van der Waals surface area contributed by atoms with Crippen LogP contribution in [0.4, 0.5) is 0 Å². The van der Waals surface area contributed by atoms with Crippen LogP contribution in [0.3, 0.4) is 0 Å². The van der Waals surface area contributed by atoms with Gasteiger partial charge in [0, 0.05) is 45.3 Å². The molecule has 1 aliphatic heterocycles. The highest BCUT2D eigenvalue weighted by molar-refractivity contribution is 6.04. The van der Waals surface area contributed by atoms with Crippen molar-refractivity contribution < 1.29 is 38.2 Å². The van der Waals surface area contributed by atoms with Gasteiger partial charge in [0.25, 0.3) is 0 Å². The Morgan fingerprint density at radius 3 is 1.93 bits per heavy atom. The van der Waals surface area contributed by atoms with Crippen LogP contribution in [0.2, 0.25) is 0 Å². The molecular weight excluding hydrogens is 690 g/mol. The lowest BCUT2D eigenvalue weighted by atomic mass is 9.80. The van der Waals surface area contributed by atoms with Gasteiger partial charge in [0.15, 0.2) is 0 Å². The predicted octanol–water partition coefficient (Wildman–Crippen LogP) is 5.46. The molecule has 1 fully saturated rings. The Balaban J connectivity index is 2.20. The lowest BCUT2D eigenvalue weighted by Crippen LogP contribution is -2.44. The first-order valence-corrected chi connectivity index (χ1v) is 20.5. The molecule has 0 aromatic heterocycles. The highest BCUT2D eigenvalue weighted by atomic mass is 16.6. The fourth-order valence-electron chi connectivity index (χ4n) is 6.24. The van der Waals surface area contributed by atoms with Crippen LogP contribution in [0.25, 0.3) is 0 Å². The van der Waals surface area contributed by atoms with Gasteiger partial charge in [-0.1, -0.05) is 79.1 Å². The summed E-state index contributed by atoms with van der Waals surface area (Å²) in [6, 6.07) is -0.707. The third-order valence-corrected chi connectivity index (χ3v) is 9.96. The van der Waals surface area contributed by atoms with E-state index in [1.165, 1.54) is 43.4 Å². The molecular formula is C41H75N5O8. The van der Waals surface area contributed by atoms with Crippen molar-refractivity contribution in [2.45, 2.75) is 182 Å². The molecule has 5 N–H and O–H groups in total. The SMILES string of the molecule is CCCCCCCCCCCC(=O)NC(CCCCNC(=O)CCOC(C)(C)COC(C)(C)CCNC(=O)CCN1C(=O)CC(C(C)(C)C)C1=O)C(N)=O. The number of primary amides is 1. The van der Waals surface area contributed by atoms with E-state index < -0.39 is 23.2 Å². The minimum atomic E-state index is -0.707. The number of unbranched alkanes of at least 4 members (excludes halogenated alkanes) is 9. The first-order chi connectivity index (χ1) is 25.3. The summed E-state index contributed by atoms with van der Waals surface area (Å²) in [5, 5.41) is 8.50. The van der Waals surface area contributed by atoms with E-state index in [0.29, 0.717) is 45.2 Å². The summed E-state index contributed by atoms with van der Waals surface area (Å²) < 4.78 is 12.1. The normalized spacial score (nSPS) is 15.7. The van der Waals surface area contributed by atoms with Gasteiger partial charge in [-0.05, 0) is 65.2 Å². The summed E-state index contributed by atoms with van der Waals surface area (Å²) >= 11 is 0. The summed E-state index contributed by atoms with van der Waals surface area (Å²) in [7, 11) is 0. The molecule has 0 aromatic carbocycles. The van der Waals surface area contributed by atoms with Gasteiger partial charge in [-0.2, -0.15) is 0 Å². The Labute approximate surface area is 325 Å². The Kier molecular flexibility index (Phi) is 22.8. The smallest absolute Gasteiger partial charge is 0.239 e. The first kappa shape index (κ1) is 49.0. The van der Waals surface area contributed by atoms with Crippen LogP contribution < -0.4 is 21.7 Å². The van der Waals surface area contributed by atoms with E-state index >= 15 is 0 Å². The third kappa shape index (κ3) is 21.7. The number of carbonyl (C=O) groups excluding carboxylic acids is 6. The van der Waals surface area contributed by atoms with E-state index in [0.717, 1.165) is 19.3 Å². The van der Waals surface area contributed by atoms with E-state index in [2.05, 4.69) is 22.9 Å². The summed E-state index contributed by atoms with van der Waals surface area (Å²) in [5.74, 6) is -1.85. The predicted molar refractivity (Wildman–Crippen MR) is 211 cm³/mol. The molecule has 0 spiro atoms. The number of hydrogen-bond acceptors (Lipinski definition) is 8. The van der Waals surface area contributed by atoms with Gasteiger partial charge in [0.2, 0.25) is 35.4 Å². The highest BCUT2D eigenvalue weighted by Crippen LogP contribution is 2.35. The standard InChI is InChI=1S/C41H75N5O8/c1-9-10-11-12-13-14-15-16-17-21-35(49)45-32(37(42)51)20-18-19-25-43-34(48)23-28-53-41(7,8)30-54-40(5,6)24-26-44-33(47)22-27-46-36(50)29-31(38(46)52)39(2,3)4/h31-32H,9-30H2,1-8H3,(H2,42,51)(H,43,48)(H,44,47)(H,45,49). The van der Waals surface area contributed by atoms with Crippen LogP contribution in [0, 0.1) is 11.3 Å². The lowest BCUT2D eigenvalue weighted by Gasteiger charge is -2.32. The zero-order valence-corrected chi connectivity index (χ0v) is 35.0. The van der Waals surface area contributed by atoms with Crippen LogP contribution in [0.5, 0.6) is 0 Å². The number of hydrogen-bond donors (Lipinski definition) is 4. The van der Waals surface area contributed by atoms with Crippen LogP contribution in [-0.4, -0.2) is 90.4 Å². The first-order valence-electron chi connectivity index (χ1n) is 20.5. The van der Waals surface area contributed by atoms with Gasteiger partial charge in [-0.3, -0.25) is 33.7 Å². The van der Waals surface area contributed by atoms with E-state index in [9.17, 15) is 28.8 Å². The second-order valence-corrected chi connectivity index (χ2v) is 17.2. The van der Waals surface area contributed by atoms with Crippen LogP contribution >= 0.6 is 0 Å². The average Bonchev–Trinajstić information content (AvgIpc) is 3.37. The number of imide groups is 1. The van der Waals surface area contributed by atoms with Crippen molar-refractivity contribution in [3.05, 3.63) is 0 Å². The van der Waals surface area contributed by atoms with Crippen LogP contribution in [0.15, 0.2) is 0 Å². The zero-order valence-electron chi connectivity index (χ0n) is 35.0. The second kappa shape index (κ2) is 25.2. The lowest BCUT2D eigenvalue weighted by molar-refractivity contribution is -0.141. The maximum Gasteiger partial charge on any atom is 0.239 e. The molecule has 0 bridgehead atoms. The molecule has 312 valence electrons. The van der Waals surface area contributed by atoms with E-state index in [4.69, 9.17) is 15.2 Å². The molecule has 0 aromatic rings. The van der Waals surface area contributed by atoms with Gasteiger partial charge < -0.3 is 31.2 Å². The number of ether oxygens (including phenoxy) is 2. The van der Waals surface area contributed by atoms with Gasteiger partial charge in [0.1, 0.15) is 6.04 Å². The summed E-state index contributed by atoms with van der Waals surface area (Å²) in [6.07, 6.45) is 13.6. The third-order valence-electron chi connectivity index (χ3n) is 9.96. The van der Waals surface area contributed by atoms with Crippen molar-refractivity contribution in [1.29, 1.82) is 0 Å². The van der Waals surface area contributed by atoms with Crippen molar-refractivity contribution in [2.24, 2.45) is 17.1 Å². The van der Waals surface area contributed by atoms with Gasteiger partial charge >= 0.3 is 0 Å². The quantitative estimate of drug-likeness (QED) is 0.0548. The molecule has 0 saturated carbocycles. The molecule has 1 saturated heterocycles. The number of rotatable bonds is 30. The number of amides is 6. The number of nitrogens with zero attached hydrogens (tertiary/aromatic N) is 1. The zero-order chi connectivity index (χ0) is 40.8. The van der Waals surface area contributed by atoms with Gasteiger partial charge in [-0.15, -0.1) is 0 Å². The Morgan fingerprint density at radius 2 is 1.33 bits per heavy atom. The van der Waals surface area contributed by atoms with Gasteiger partial charge in [-0.25, -0.2) is 0 Å². The largest absolute Gasteiger partial charge is 0.373 e. The monoisotopic (exact) mass is 766 g/mol. The number of likely N-dealkylation sites (tertiary alicyclic amines) is 1. The molecule has 0 radical (unpaired) electrons.